The molecule has 8 heteroatoms. The molecule has 16 heavy (non-hydrogen) atoms. The van der Waals surface area contributed by atoms with Crippen molar-refractivity contribution in [2.45, 2.75) is 25.9 Å². The minimum absolute atomic E-state index is 0.215. The quantitative estimate of drug-likeness (QED) is 0.614. The van der Waals surface area contributed by atoms with Gasteiger partial charge in [-0.3, -0.25) is 10.2 Å². The van der Waals surface area contributed by atoms with E-state index in [-0.39, 0.29) is 11.0 Å². The Hall–Kier alpha value is -1.15. The number of rotatable bonds is 3. The van der Waals surface area contributed by atoms with Gasteiger partial charge in [-0.05, 0) is 24.9 Å². The molecule has 0 aliphatic rings. The molecular formula is C8H13N5OS2. The maximum atomic E-state index is 10.8. The van der Waals surface area contributed by atoms with Crippen molar-refractivity contribution in [2.24, 2.45) is 0 Å². The highest BCUT2D eigenvalue weighted by molar-refractivity contribution is 7.99. The predicted molar refractivity (Wildman–Crippen MR) is 66.9 cm³/mol. The summed E-state index contributed by atoms with van der Waals surface area (Å²) in [6, 6.07) is 0. The van der Waals surface area contributed by atoms with Gasteiger partial charge in [-0.25, -0.2) is 4.68 Å². The predicted octanol–water partition coefficient (Wildman–Crippen LogP) is 0.663. The number of amides is 1. The molecule has 1 rings (SSSR count). The van der Waals surface area contributed by atoms with E-state index in [1.54, 1.807) is 11.6 Å². The summed E-state index contributed by atoms with van der Waals surface area (Å²) in [5, 5.41) is 11.3. The van der Waals surface area contributed by atoms with Gasteiger partial charge < -0.3 is 5.32 Å². The van der Waals surface area contributed by atoms with Gasteiger partial charge in [-0.15, -0.1) is 10.2 Å². The van der Waals surface area contributed by atoms with E-state index in [4.69, 9.17) is 12.2 Å². The summed E-state index contributed by atoms with van der Waals surface area (Å²) in [4.78, 5) is 10.8. The van der Waals surface area contributed by atoms with Crippen molar-refractivity contribution in [3.05, 3.63) is 5.82 Å². The van der Waals surface area contributed by atoms with Gasteiger partial charge in [0.1, 0.15) is 5.82 Å². The number of thioether (sulfide) groups is 1. The highest BCUT2D eigenvalue weighted by Crippen LogP contribution is 2.14. The van der Waals surface area contributed by atoms with Crippen molar-refractivity contribution in [3.8, 4) is 0 Å². The molecule has 0 spiro atoms. The smallest absolute Gasteiger partial charge is 0.223 e. The summed E-state index contributed by atoms with van der Waals surface area (Å²) in [6.45, 7) is 5.22. The lowest BCUT2D eigenvalue weighted by molar-refractivity contribution is -0.117. The number of carbonyl (C=O) groups excluding carboxylic acids is 1. The van der Waals surface area contributed by atoms with E-state index < -0.39 is 0 Å². The zero-order valence-corrected chi connectivity index (χ0v) is 10.9. The normalized spacial score (nSPS) is 9.94. The molecule has 0 aromatic carbocycles. The van der Waals surface area contributed by atoms with E-state index in [0.29, 0.717) is 11.0 Å². The topological polar surface area (TPSA) is 71.8 Å². The number of hydrogen-bond acceptors (Lipinski definition) is 5. The number of thiocarbonyl (C=S) groups is 1. The molecule has 1 amide bonds. The van der Waals surface area contributed by atoms with Crippen LogP contribution in [0.15, 0.2) is 5.16 Å². The minimum Gasteiger partial charge on any atom is -0.302 e. The van der Waals surface area contributed by atoms with Crippen LogP contribution in [0, 0.1) is 6.92 Å². The second-order valence-electron chi connectivity index (χ2n) is 2.92. The van der Waals surface area contributed by atoms with Crippen molar-refractivity contribution in [1.82, 2.24) is 20.2 Å². The lowest BCUT2D eigenvalue weighted by Gasteiger charge is -2.11. The van der Waals surface area contributed by atoms with Crippen molar-refractivity contribution < 1.29 is 4.79 Å². The van der Waals surface area contributed by atoms with E-state index in [0.717, 1.165) is 5.75 Å². The Balaban J connectivity index is 2.75. The molecule has 0 unspecified atom stereocenters. The molecule has 0 fully saturated rings. The van der Waals surface area contributed by atoms with Crippen molar-refractivity contribution in [3.63, 3.8) is 0 Å². The SMILES string of the molecule is CCSc1nnc(C)n1NC(=S)NC(C)=O. The van der Waals surface area contributed by atoms with Crippen LogP contribution in [0.4, 0.5) is 0 Å². The Morgan fingerprint density at radius 1 is 1.56 bits per heavy atom. The van der Waals surface area contributed by atoms with Crippen LogP contribution < -0.4 is 10.7 Å². The fraction of sp³-hybridized carbons (Fsp3) is 0.500. The molecule has 6 nitrogen and oxygen atoms in total. The molecule has 1 aromatic rings. The van der Waals surface area contributed by atoms with Crippen LogP contribution in [0.1, 0.15) is 19.7 Å². The van der Waals surface area contributed by atoms with Crippen LogP contribution in [-0.2, 0) is 4.79 Å². The van der Waals surface area contributed by atoms with Gasteiger partial charge >= 0.3 is 0 Å². The number of nitrogens with zero attached hydrogens (tertiary/aromatic N) is 3. The van der Waals surface area contributed by atoms with E-state index in [9.17, 15) is 4.79 Å². The Morgan fingerprint density at radius 3 is 2.81 bits per heavy atom. The summed E-state index contributed by atoms with van der Waals surface area (Å²) in [5.41, 5.74) is 2.85. The first-order valence-corrected chi connectivity index (χ1v) is 6.07. The summed E-state index contributed by atoms with van der Waals surface area (Å²) in [5.74, 6) is 1.35. The monoisotopic (exact) mass is 259 g/mol. The van der Waals surface area contributed by atoms with Crippen LogP contribution in [0.5, 0.6) is 0 Å². The summed E-state index contributed by atoms with van der Waals surface area (Å²) >= 11 is 6.49. The van der Waals surface area contributed by atoms with E-state index >= 15 is 0 Å². The van der Waals surface area contributed by atoms with Crippen LogP contribution in [0.2, 0.25) is 0 Å². The first-order chi connectivity index (χ1) is 7.54. The molecule has 1 heterocycles. The Bertz CT molecular complexity index is 403. The maximum absolute atomic E-state index is 10.8. The number of aryl methyl sites for hydroxylation is 1. The lowest BCUT2D eigenvalue weighted by Crippen LogP contribution is -2.37. The highest BCUT2D eigenvalue weighted by Gasteiger charge is 2.09. The van der Waals surface area contributed by atoms with Crippen LogP contribution >= 0.6 is 24.0 Å². The van der Waals surface area contributed by atoms with E-state index in [1.807, 2.05) is 6.92 Å². The molecule has 1 aromatic heterocycles. The summed E-state index contributed by atoms with van der Waals surface area (Å²) < 4.78 is 1.65. The Labute approximate surface area is 103 Å². The second kappa shape index (κ2) is 5.80. The number of aromatic nitrogens is 3. The van der Waals surface area contributed by atoms with Gasteiger partial charge in [-0.1, -0.05) is 18.7 Å². The first-order valence-electron chi connectivity index (χ1n) is 4.68. The molecule has 0 aliphatic carbocycles. The largest absolute Gasteiger partial charge is 0.302 e. The second-order valence-corrected chi connectivity index (χ2v) is 4.56. The average Bonchev–Trinajstić information content (AvgIpc) is 2.49. The van der Waals surface area contributed by atoms with Gasteiger partial charge in [-0.2, -0.15) is 0 Å². The third-order valence-electron chi connectivity index (χ3n) is 1.57. The van der Waals surface area contributed by atoms with Crippen LogP contribution in [0.25, 0.3) is 0 Å². The van der Waals surface area contributed by atoms with Gasteiger partial charge in [0.2, 0.25) is 11.1 Å². The standard InChI is InChI=1S/C8H13N5OS2/c1-4-16-8-11-10-5(2)13(8)12-7(15)9-6(3)14/h4H2,1-3H3,(H2,9,12,14,15). The molecule has 88 valence electrons. The van der Waals surface area contributed by atoms with Crippen molar-refractivity contribution in [2.75, 3.05) is 11.2 Å². The van der Waals surface area contributed by atoms with E-state index in [1.165, 1.54) is 18.7 Å². The number of carbonyl (C=O) groups is 1. The molecule has 0 radical (unpaired) electrons. The van der Waals surface area contributed by atoms with E-state index in [2.05, 4.69) is 20.9 Å². The van der Waals surface area contributed by atoms with Gasteiger partial charge in [0.05, 0.1) is 0 Å². The summed E-state index contributed by atoms with van der Waals surface area (Å²) in [7, 11) is 0. The minimum atomic E-state index is -0.215. The molecule has 0 atom stereocenters. The Kier molecular flexibility index (Phi) is 4.69. The molecular weight excluding hydrogens is 246 g/mol. The third-order valence-corrected chi connectivity index (χ3v) is 2.58. The van der Waals surface area contributed by atoms with Gasteiger partial charge in [0.15, 0.2) is 5.11 Å². The van der Waals surface area contributed by atoms with Crippen LogP contribution in [0.3, 0.4) is 0 Å². The number of nitrogens with one attached hydrogen (secondary N) is 2. The van der Waals surface area contributed by atoms with Crippen molar-refractivity contribution in [1.29, 1.82) is 0 Å². The molecule has 0 bridgehead atoms. The van der Waals surface area contributed by atoms with Crippen molar-refractivity contribution >= 4 is 35.0 Å². The molecule has 0 aliphatic heterocycles. The maximum Gasteiger partial charge on any atom is 0.223 e. The fourth-order valence-electron chi connectivity index (χ4n) is 0.984. The molecule has 0 saturated heterocycles. The van der Waals surface area contributed by atoms with Gasteiger partial charge in [0.25, 0.3) is 0 Å². The van der Waals surface area contributed by atoms with Gasteiger partial charge in [0, 0.05) is 6.92 Å². The molecule has 0 saturated carbocycles. The zero-order valence-electron chi connectivity index (χ0n) is 9.27. The number of hydrogen-bond donors (Lipinski definition) is 2. The zero-order chi connectivity index (χ0) is 12.1. The average molecular weight is 259 g/mol. The fourth-order valence-corrected chi connectivity index (χ4v) is 1.88. The Morgan fingerprint density at radius 2 is 2.25 bits per heavy atom. The van der Waals surface area contributed by atoms with Crippen LogP contribution in [-0.4, -0.2) is 31.6 Å². The summed E-state index contributed by atoms with van der Waals surface area (Å²) in [6.07, 6.45) is 0. The highest BCUT2D eigenvalue weighted by atomic mass is 32.2. The third kappa shape index (κ3) is 3.46. The lowest BCUT2D eigenvalue weighted by atomic mass is 10.7. The molecule has 2 N–H and O–H groups in total. The first kappa shape index (κ1) is 12.9.